The molecular weight excluding hydrogens is 311 g/mol. The molecule has 1 aromatic carbocycles. The molecule has 100 valence electrons. The van der Waals surface area contributed by atoms with E-state index in [1.54, 1.807) is 13.2 Å². The minimum atomic E-state index is 0.00662. The van der Waals surface area contributed by atoms with Crippen molar-refractivity contribution >= 4 is 46.4 Å². The number of nitrogens with zero attached hydrogens (tertiary/aromatic N) is 3. The Morgan fingerprint density at radius 1 is 1.05 bits per heavy atom. The predicted octanol–water partition coefficient (Wildman–Crippen LogP) is 3.89. The lowest BCUT2D eigenvalue weighted by Crippen LogP contribution is -2.01. The number of methoxy groups -OCH3 is 1. The molecule has 0 radical (unpaired) electrons. The molecule has 8 heteroatoms. The van der Waals surface area contributed by atoms with Crippen LogP contribution in [0.15, 0.2) is 12.1 Å². The number of anilines is 2. The van der Waals surface area contributed by atoms with Crippen LogP contribution in [0.2, 0.25) is 15.6 Å². The Morgan fingerprint density at radius 2 is 1.68 bits per heavy atom. The Bertz CT molecular complexity index is 601. The molecule has 0 aliphatic rings. The summed E-state index contributed by atoms with van der Waals surface area (Å²) < 4.78 is 5.23. The van der Waals surface area contributed by atoms with Crippen LogP contribution in [0.3, 0.4) is 0 Å². The minimum absolute atomic E-state index is 0.00662. The highest BCUT2D eigenvalue weighted by Gasteiger charge is 2.10. The molecule has 2 aromatic rings. The molecule has 0 unspecified atom stereocenters. The molecule has 1 N–H and O–H groups in total. The van der Waals surface area contributed by atoms with Gasteiger partial charge in [0, 0.05) is 11.1 Å². The first kappa shape index (κ1) is 14.1. The number of halogens is 3. The normalized spacial score (nSPS) is 10.4. The van der Waals surface area contributed by atoms with Crippen molar-refractivity contribution in [3.8, 4) is 5.75 Å². The Balaban J connectivity index is 2.39. The molecule has 0 aliphatic heterocycles. The summed E-state index contributed by atoms with van der Waals surface area (Å²) >= 11 is 17.4. The number of hydrogen-bond acceptors (Lipinski definition) is 5. The van der Waals surface area contributed by atoms with Crippen molar-refractivity contribution in [2.24, 2.45) is 0 Å². The van der Waals surface area contributed by atoms with Gasteiger partial charge in [-0.05, 0) is 41.8 Å². The van der Waals surface area contributed by atoms with Crippen LogP contribution in [-0.2, 0) is 0 Å². The van der Waals surface area contributed by atoms with Crippen LogP contribution in [0.5, 0.6) is 5.75 Å². The van der Waals surface area contributed by atoms with Gasteiger partial charge >= 0.3 is 0 Å². The molecular formula is C11H9Cl3N4O. The molecule has 2 rings (SSSR count). The van der Waals surface area contributed by atoms with Gasteiger partial charge in [-0.25, -0.2) is 0 Å². The highest BCUT2D eigenvalue weighted by Crippen LogP contribution is 2.32. The molecule has 0 fully saturated rings. The number of ether oxygens (including phenoxy) is 1. The number of rotatable bonds is 3. The number of aromatic nitrogens is 3. The topological polar surface area (TPSA) is 59.9 Å². The van der Waals surface area contributed by atoms with Crippen LogP contribution in [0.25, 0.3) is 0 Å². The summed E-state index contributed by atoms with van der Waals surface area (Å²) in [5.41, 5.74) is 1.54. The van der Waals surface area contributed by atoms with Crippen LogP contribution in [-0.4, -0.2) is 22.1 Å². The van der Waals surface area contributed by atoms with Gasteiger partial charge in [0.1, 0.15) is 5.75 Å². The zero-order valence-corrected chi connectivity index (χ0v) is 12.3. The van der Waals surface area contributed by atoms with E-state index in [1.165, 1.54) is 0 Å². The van der Waals surface area contributed by atoms with Gasteiger partial charge in [0.05, 0.1) is 12.8 Å². The molecule has 0 amide bonds. The Kier molecular flexibility index (Phi) is 4.29. The number of aryl methyl sites for hydroxylation is 1. The first-order chi connectivity index (χ1) is 8.99. The van der Waals surface area contributed by atoms with Crippen molar-refractivity contribution in [3.05, 3.63) is 33.3 Å². The summed E-state index contributed by atoms with van der Waals surface area (Å²) in [5, 5.41) is 3.58. The quantitative estimate of drug-likeness (QED) is 0.930. The monoisotopic (exact) mass is 318 g/mol. The van der Waals surface area contributed by atoms with E-state index >= 15 is 0 Å². The predicted molar refractivity (Wildman–Crippen MR) is 75.9 cm³/mol. The van der Waals surface area contributed by atoms with Crippen molar-refractivity contribution in [1.82, 2.24) is 15.0 Å². The molecule has 1 heterocycles. The fraction of sp³-hybridized carbons (Fsp3) is 0.182. The van der Waals surface area contributed by atoms with Gasteiger partial charge in [0.2, 0.25) is 16.5 Å². The van der Waals surface area contributed by atoms with Gasteiger partial charge in [-0.1, -0.05) is 11.6 Å². The molecule has 0 aliphatic carbocycles. The van der Waals surface area contributed by atoms with Gasteiger partial charge in [-0.2, -0.15) is 15.0 Å². The van der Waals surface area contributed by atoms with E-state index in [-0.39, 0.29) is 16.5 Å². The zero-order valence-electron chi connectivity index (χ0n) is 10.0. The first-order valence-corrected chi connectivity index (χ1v) is 6.31. The van der Waals surface area contributed by atoms with Crippen LogP contribution in [0.4, 0.5) is 11.6 Å². The summed E-state index contributed by atoms with van der Waals surface area (Å²) in [4.78, 5) is 11.5. The van der Waals surface area contributed by atoms with E-state index in [4.69, 9.17) is 39.5 Å². The minimum Gasteiger partial charge on any atom is -0.495 e. The molecule has 0 atom stereocenters. The van der Waals surface area contributed by atoms with E-state index in [0.29, 0.717) is 16.5 Å². The van der Waals surface area contributed by atoms with E-state index in [2.05, 4.69) is 20.3 Å². The third kappa shape index (κ3) is 3.37. The SMILES string of the molecule is COc1cc(Cl)c(C)cc1Nc1nc(Cl)nc(Cl)n1. The molecule has 0 saturated heterocycles. The van der Waals surface area contributed by atoms with Gasteiger partial charge in [-0.3, -0.25) is 0 Å². The number of nitrogens with one attached hydrogen (secondary N) is 1. The maximum absolute atomic E-state index is 6.03. The highest BCUT2D eigenvalue weighted by atomic mass is 35.5. The van der Waals surface area contributed by atoms with E-state index in [0.717, 1.165) is 5.56 Å². The van der Waals surface area contributed by atoms with Crippen LogP contribution in [0.1, 0.15) is 5.56 Å². The average molecular weight is 320 g/mol. The molecule has 0 saturated carbocycles. The summed E-state index contributed by atoms with van der Waals surface area (Å²) in [5.74, 6) is 0.785. The third-order valence-electron chi connectivity index (χ3n) is 2.31. The third-order valence-corrected chi connectivity index (χ3v) is 3.05. The lowest BCUT2D eigenvalue weighted by molar-refractivity contribution is 0.416. The molecule has 0 spiro atoms. The zero-order chi connectivity index (χ0) is 14.0. The van der Waals surface area contributed by atoms with Gasteiger partial charge < -0.3 is 10.1 Å². The van der Waals surface area contributed by atoms with Crippen molar-refractivity contribution in [2.75, 3.05) is 12.4 Å². The largest absolute Gasteiger partial charge is 0.495 e. The second-order valence-electron chi connectivity index (χ2n) is 3.62. The standard InChI is InChI=1S/C11H9Cl3N4O/c1-5-3-7(8(19-2)4-6(5)12)15-11-17-9(13)16-10(14)18-11/h3-4H,1-2H3,(H,15,16,17,18). The van der Waals surface area contributed by atoms with Gasteiger partial charge in [0.25, 0.3) is 0 Å². The van der Waals surface area contributed by atoms with E-state index < -0.39 is 0 Å². The fourth-order valence-corrected chi connectivity index (χ4v) is 1.95. The molecule has 5 nitrogen and oxygen atoms in total. The summed E-state index contributed by atoms with van der Waals surface area (Å²) in [7, 11) is 1.54. The summed E-state index contributed by atoms with van der Waals surface area (Å²) in [6.45, 7) is 1.88. The van der Waals surface area contributed by atoms with Crippen molar-refractivity contribution < 1.29 is 4.74 Å². The maximum atomic E-state index is 6.03. The van der Waals surface area contributed by atoms with Crippen LogP contribution in [0, 0.1) is 6.92 Å². The summed E-state index contributed by atoms with van der Waals surface area (Å²) in [6, 6.07) is 3.51. The lowest BCUT2D eigenvalue weighted by Gasteiger charge is -2.12. The van der Waals surface area contributed by atoms with E-state index in [1.807, 2.05) is 13.0 Å². The average Bonchev–Trinajstić information content (AvgIpc) is 2.32. The van der Waals surface area contributed by atoms with Gasteiger partial charge in [0.15, 0.2) is 0 Å². The van der Waals surface area contributed by atoms with Crippen molar-refractivity contribution in [3.63, 3.8) is 0 Å². The maximum Gasteiger partial charge on any atom is 0.232 e. The van der Waals surface area contributed by atoms with Crippen molar-refractivity contribution in [1.29, 1.82) is 0 Å². The Hall–Kier alpha value is -1.30. The molecule has 0 bridgehead atoms. The number of benzene rings is 1. The van der Waals surface area contributed by atoms with Crippen LogP contribution >= 0.6 is 34.8 Å². The smallest absolute Gasteiger partial charge is 0.232 e. The molecule has 19 heavy (non-hydrogen) atoms. The Labute approximate surface area is 124 Å². The highest BCUT2D eigenvalue weighted by molar-refractivity contribution is 6.31. The first-order valence-electron chi connectivity index (χ1n) is 5.18. The fourth-order valence-electron chi connectivity index (χ4n) is 1.43. The lowest BCUT2D eigenvalue weighted by atomic mass is 10.2. The summed E-state index contributed by atoms with van der Waals surface area (Å²) in [6.07, 6.45) is 0. The second kappa shape index (κ2) is 5.77. The van der Waals surface area contributed by atoms with E-state index in [9.17, 15) is 0 Å². The number of hydrogen-bond donors (Lipinski definition) is 1. The Morgan fingerprint density at radius 3 is 2.26 bits per heavy atom. The van der Waals surface area contributed by atoms with Crippen molar-refractivity contribution in [2.45, 2.75) is 6.92 Å². The van der Waals surface area contributed by atoms with Gasteiger partial charge in [-0.15, -0.1) is 0 Å². The van der Waals surface area contributed by atoms with Crippen LogP contribution < -0.4 is 10.1 Å². The molecule has 1 aromatic heterocycles. The second-order valence-corrected chi connectivity index (χ2v) is 4.71.